The van der Waals surface area contributed by atoms with E-state index in [1.807, 2.05) is 44.2 Å². The van der Waals surface area contributed by atoms with Gasteiger partial charge in [0.2, 0.25) is 0 Å². The molecular formula is C20H23ClN2O4S. The second-order valence-electron chi connectivity index (χ2n) is 6.93. The van der Waals surface area contributed by atoms with Crippen molar-refractivity contribution in [2.75, 3.05) is 11.6 Å². The highest BCUT2D eigenvalue weighted by molar-refractivity contribution is 7.90. The number of anilines is 1. The van der Waals surface area contributed by atoms with E-state index < -0.39 is 21.7 Å². The first-order valence-electron chi connectivity index (χ1n) is 8.74. The van der Waals surface area contributed by atoms with E-state index in [9.17, 15) is 18.0 Å². The zero-order chi connectivity index (χ0) is 20.9. The monoisotopic (exact) mass is 422 g/mol. The van der Waals surface area contributed by atoms with Crippen molar-refractivity contribution in [3.05, 3.63) is 59.1 Å². The highest BCUT2D eigenvalue weighted by Crippen LogP contribution is 2.25. The fourth-order valence-corrected chi connectivity index (χ4v) is 3.48. The van der Waals surface area contributed by atoms with Gasteiger partial charge in [0, 0.05) is 6.26 Å². The van der Waals surface area contributed by atoms with Gasteiger partial charge < -0.3 is 10.6 Å². The van der Waals surface area contributed by atoms with Crippen molar-refractivity contribution in [1.82, 2.24) is 5.32 Å². The van der Waals surface area contributed by atoms with Gasteiger partial charge in [-0.1, -0.05) is 55.8 Å². The molecule has 6 nitrogen and oxygen atoms in total. The molecule has 2 aromatic rings. The number of benzene rings is 2. The maximum Gasteiger partial charge on any atom is 0.313 e. The summed E-state index contributed by atoms with van der Waals surface area (Å²) in [6.45, 7) is 4.05. The van der Waals surface area contributed by atoms with E-state index in [0.717, 1.165) is 11.8 Å². The summed E-state index contributed by atoms with van der Waals surface area (Å²) >= 11 is 6.02. The van der Waals surface area contributed by atoms with Gasteiger partial charge in [0.1, 0.15) is 0 Å². The maximum atomic E-state index is 12.4. The Morgan fingerprint density at radius 1 is 1.04 bits per heavy atom. The van der Waals surface area contributed by atoms with Crippen LogP contribution in [0.1, 0.15) is 31.9 Å². The van der Waals surface area contributed by atoms with Crippen molar-refractivity contribution < 1.29 is 18.0 Å². The molecule has 2 N–H and O–H groups in total. The summed E-state index contributed by atoms with van der Waals surface area (Å²) in [5, 5.41) is 5.26. The quantitative estimate of drug-likeness (QED) is 0.696. The fourth-order valence-electron chi connectivity index (χ4n) is 2.67. The normalized spacial score (nSPS) is 12.5. The number of carbonyl (C=O) groups excluding carboxylic acids is 2. The Kier molecular flexibility index (Phi) is 7.21. The Morgan fingerprint density at radius 2 is 1.68 bits per heavy atom. The Bertz CT molecular complexity index is 959. The molecule has 2 rings (SSSR count). The number of carbonyl (C=O) groups is 2. The minimum absolute atomic E-state index is 0.00502. The summed E-state index contributed by atoms with van der Waals surface area (Å²) in [4.78, 5) is 24.8. The number of halogens is 1. The van der Waals surface area contributed by atoms with Crippen LogP contribution in [-0.4, -0.2) is 26.5 Å². The van der Waals surface area contributed by atoms with Crippen molar-refractivity contribution in [3.63, 3.8) is 0 Å². The summed E-state index contributed by atoms with van der Waals surface area (Å²) in [5.41, 5.74) is 0.958. The first kappa shape index (κ1) is 21.9. The Labute approximate surface area is 170 Å². The summed E-state index contributed by atoms with van der Waals surface area (Å²) in [7, 11) is -3.48. The lowest BCUT2D eigenvalue weighted by atomic mass is 9.97. The van der Waals surface area contributed by atoms with Crippen molar-refractivity contribution >= 4 is 38.9 Å². The molecule has 0 spiro atoms. The predicted octanol–water partition coefficient (Wildman–Crippen LogP) is 3.59. The second-order valence-corrected chi connectivity index (χ2v) is 9.36. The highest BCUT2D eigenvalue weighted by atomic mass is 35.5. The Balaban J connectivity index is 2.16. The van der Waals surface area contributed by atoms with Crippen LogP contribution in [0, 0.1) is 5.92 Å². The first-order valence-corrected chi connectivity index (χ1v) is 11.0. The van der Waals surface area contributed by atoms with E-state index in [2.05, 4.69) is 10.6 Å². The summed E-state index contributed by atoms with van der Waals surface area (Å²) in [5.74, 6) is -1.44. The minimum Gasteiger partial charge on any atom is -0.341 e. The molecule has 2 aromatic carbocycles. The van der Waals surface area contributed by atoms with Crippen LogP contribution in [0.3, 0.4) is 0 Å². The van der Waals surface area contributed by atoms with Gasteiger partial charge >= 0.3 is 11.8 Å². The number of rotatable bonds is 6. The molecule has 0 aliphatic heterocycles. The highest BCUT2D eigenvalue weighted by Gasteiger charge is 2.22. The first-order chi connectivity index (χ1) is 13.1. The average molecular weight is 423 g/mol. The van der Waals surface area contributed by atoms with Crippen LogP contribution in [0.5, 0.6) is 0 Å². The molecule has 28 heavy (non-hydrogen) atoms. The molecule has 2 amide bonds. The molecular weight excluding hydrogens is 400 g/mol. The molecule has 0 saturated carbocycles. The van der Waals surface area contributed by atoms with Crippen molar-refractivity contribution in [2.24, 2.45) is 5.92 Å². The van der Waals surface area contributed by atoms with Gasteiger partial charge in [-0.25, -0.2) is 8.42 Å². The molecule has 8 heteroatoms. The van der Waals surface area contributed by atoms with Crippen LogP contribution in [0.2, 0.25) is 5.02 Å². The lowest BCUT2D eigenvalue weighted by Crippen LogP contribution is -2.38. The van der Waals surface area contributed by atoms with Gasteiger partial charge in [-0.2, -0.15) is 0 Å². The van der Waals surface area contributed by atoms with Crippen LogP contribution in [-0.2, 0) is 19.4 Å². The fraction of sp³-hybridized carbons (Fsp3) is 0.300. The van der Waals surface area contributed by atoms with Gasteiger partial charge in [0.25, 0.3) is 0 Å². The molecule has 0 bridgehead atoms. The van der Waals surface area contributed by atoms with E-state index in [4.69, 9.17) is 11.6 Å². The topological polar surface area (TPSA) is 92.3 Å². The van der Waals surface area contributed by atoms with Gasteiger partial charge in [-0.15, -0.1) is 0 Å². The third-order valence-electron chi connectivity index (χ3n) is 4.03. The van der Waals surface area contributed by atoms with Crippen molar-refractivity contribution in [2.45, 2.75) is 31.2 Å². The third-order valence-corrected chi connectivity index (χ3v) is 5.47. The third kappa shape index (κ3) is 6.07. The molecule has 1 atom stereocenters. The standard InChI is InChI=1S/C20H23ClN2O4S/c1-13(2)11-17(14-7-5-4-6-8-14)22-19(24)20(25)23-18-12-15(28(3,26)27)9-10-16(18)21/h4-10,12-13,17H,11H2,1-3H3,(H,22,24)(H,23,25)/t17-/m0/s1. The van der Waals surface area contributed by atoms with E-state index in [1.165, 1.54) is 18.2 Å². The molecule has 0 radical (unpaired) electrons. The zero-order valence-electron chi connectivity index (χ0n) is 15.9. The van der Waals surface area contributed by atoms with E-state index in [1.54, 1.807) is 0 Å². The average Bonchev–Trinajstić information content (AvgIpc) is 2.62. The van der Waals surface area contributed by atoms with E-state index >= 15 is 0 Å². The molecule has 0 aliphatic rings. The lowest BCUT2D eigenvalue weighted by molar-refractivity contribution is -0.136. The van der Waals surface area contributed by atoms with Crippen LogP contribution in [0.4, 0.5) is 5.69 Å². The second kappa shape index (κ2) is 9.21. The van der Waals surface area contributed by atoms with Gasteiger partial charge in [0.15, 0.2) is 9.84 Å². The number of hydrogen-bond acceptors (Lipinski definition) is 4. The Morgan fingerprint density at radius 3 is 2.25 bits per heavy atom. The molecule has 0 aromatic heterocycles. The molecule has 0 unspecified atom stereocenters. The molecule has 0 aliphatic carbocycles. The zero-order valence-corrected chi connectivity index (χ0v) is 17.5. The van der Waals surface area contributed by atoms with Crippen LogP contribution in [0.25, 0.3) is 0 Å². The SMILES string of the molecule is CC(C)C[C@H](NC(=O)C(=O)Nc1cc(S(C)(=O)=O)ccc1Cl)c1ccccc1. The van der Waals surface area contributed by atoms with Gasteiger partial charge in [-0.3, -0.25) is 9.59 Å². The number of nitrogens with one attached hydrogen (secondary N) is 2. The van der Waals surface area contributed by atoms with Gasteiger partial charge in [0.05, 0.1) is 21.6 Å². The van der Waals surface area contributed by atoms with Crippen LogP contribution < -0.4 is 10.6 Å². The van der Waals surface area contributed by atoms with Crippen LogP contribution in [0.15, 0.2) is 53.4 Å². The summed E-state index contributed by atoms with van der Waals surface area (Å²) in [6, 6.07) is 13.0. The van der Waals surface area contributed by atoms with E-state index in [-0.39, 0.29) is 21.6 Å². The number of amides is 2. The molecule has 0 saturated heterocycles. The lowest BCUT2D eigenvalue weighted by Gasteiger charge is -2.21. The summed E-state index contributed by atoms with van der Waals surface area (Å²) < 4.78 is 23.4. The number of hydrogen-bond donors (Lipinski definition) is 2. The van der Waals surface area contributed by atoms with Crippen molar-refractivity contribution in [1.29, 1.82) is 0 Å². The van der Waals surface area contributed by atoms with Crippen molar-refractivity contribution in [3.8, 4) is 0 Å². The minimum atomic E-state index is -3.48. The largest absolute Gasteiger partial charge is 0.341 e. The number of sulfone groups is 1. The van der Waals surface area contributed by atoms with Crippen LogP contribution >= 0.6 is 11.6 Å². The molecule has 150 valence electrons. The molecule has 0 heterocycles. The van der Waals surface area contributed by atoms with E-state index in [0.29, 0.717) is 12.3 Å². The summed E-state index contributed by atoms with van der Waals surface area (Å²) in [6.07, 6.45) is 1.71. The predicted molar refractivity (Wildman–Crippen MR) is 110 cm³/mol. The Hall–Kier alpha value is -2.38. The maximum absolute atomic E-state index is 12.4. The molecule has 0 fully saturated rings. The smallest absolute Gasteiger partial charge is 0.313 e. The van der Waals surface area contributed by atoms with Gasteiger partial charge in [-0.05, 0) is 36.1 Å².